The zero-order valence-corrected chi connectivity index (χ0v) is 16.0. The first-order chi connectivity index (χ1) is 13.5. The Morgan fingerprint density at radius 1 is 1.18 bits per heavy atom. The molecule has 5 nitrogen and oxygen atoms in total. The Hall–Kier alpha value is -3.49. The van der Waals surface area contributed by atoms with Crippen LogP contribution in [0.2, 0.25) is 5.15 Å². The van der Waals surface area contributed by atoms with Gasteiger partial charge in [0, 0.05) is 10.9 Å². The van der Waals surface area contributed by atoms with Gasteiger partial charge in [0.15, 0.2) is 5.82 Å². The van der Waals surface area contributed by atoms with Crippen LogP contribution in [-0.4, -0.2) is 15.0 Å². The summed E-state index contributed by atoms with van der Waals surface area (Å²) in [5.41, 5.74) is 3.83. The van der Waals surface area contributed by atoms with Crippen molar-refractivity contribution in [3.8, 4) is 6.07 Å². The van der Waals surface area contributed by atoms with Crippen molar-refractivity contribution in [3.05, 3.63) is 80.5 Å². The fraction of sp³-hybridized carbons (Fsp3) is 0.0909. The third-order valence-corrected chi connectivity index (χ3v) is 4.87. The average Bonchev–Trinajstić information content (AvgIpc) is 2.67. The highest BCUT2D eigenvalue weighted by Crippen LogP contribution is 2.26. The van der Waals surface area contributed by atoms with Gasteiger partial charge in [0.05, 0.1) is 22.0 Å². The monoisotopic (exact) mass is 386 g/mol. The second kappa shape index (κ2) is 6.91. The van der Waals surface area contributed by atoms with Crippen molar-refractivity contribution in [1.82, 2.24) is 15.0 Å². The number of hydrogen-bond donors (Lipinski definition) is 1. The van der Waals surface area contributed by atoms with Gasteiger partial charge in [-0.25, -0.2) is 9.97 Å². The molecule has 28 heavy (non-hydrogen) atoms. The molecule has 0 aliphatic rings. The number of nitrogens with zero attached hydrogens (tertiary/aromatic N) is 3. The number of rotatable bonds is 2. The third kappa shape index (κ3) is 3.15. The molecule has 0 atom stereocenters. The lowest BCUT2D eigenvalue weighted by Gasteiger charge is -2.06. The van der Waals surface area contributed by atoms with Gasteiger partial charge < -0.3 is 4.98 Å². The van der Waals surface area contributed by atoms with Crippen LogP contribution in [-0.2, 0) is 0 Å². The quantitative estimate of drug-likeness (QED) is 0.396. The predicted molar refractivity (Wildman–Crippen MR) is 112 cm³/mol. The van der Waals surface area contributed by atoms with Crippen LogP contribution < -0.4 is 5.56 Å². The van der Waals surface area contributed by atoms with Crippen LogP contribution in [0.3, 0.4) is 0 Å². The summed E-state index contributed by atoms with van der Waals surface area (Å²) in [4.78, 5) is 24.0. The molecular weight excluding hydrogens is 372 g/mol. The minimum Gasteiger partial charge on any atom is -0.305 e. The standard InChI is InChI=1S/C22H15ClN4O/c1-12-6-7-18-17(8-12)22(28)27-21(25-18)16(11-24)10-15-9-14-5-3-4-13(2)19(14)26-20(15)23/h3-10H,1-2H3,(H,25,27,28)/b16-10+. The molecule has 0 saturated heterocycles. The van der Waals surface area contributed by atoms with Gasteiger partial charge in [-0.1, -0.05) is 41.4 Å². The predicted octanol–water partition coefficient (Wildman–Crippen LogP) is 4.81. The summed E-state index contributed by atoms with van der Waals surface area (Å²) in [6.45, 7) is 3.87. The van der Waals surface area contributed by atoms with Gasteiger partial charge in [0.2, 0.25) is 0 Å². The van der Waals surface area contributed by atoms with Crippen LogP contribution in [0.1, 0.15) is 22.5 Å². The van der Waals surface area contributed by atoms with E-state index in [-0.39, 0.29) is 22.1 Å². The zero-order chi connectivity index (χ0) is 19.8. The Balaban J connectivity index is 1.89. The number of halogens is 1. The number of aryl methyl sites for hydroxylation is 2. The minimum absolute atomic E-state index is 0.198. The molecule has 2 heterocycles. The maximum Gasteiger partial charge on any atom is 0.259 e. The van der Waals surface area contributed by atoms with Crippen molar-refractivity contribution in [2.75, 3.05) is 0 Å². The fourth-order valence-electron chi connectivity index (χ4n) is 3.13. The Bertz CT molecular complexity index is 1380. The normalized spacial score (nSPS) is 11.7. The smallest absolute Gasteiger partial charge is 0.259 e. The number of fused-ring (bicyclic) bond motifs is 2. The Morgan fingerprint density at radius 2 is 2.00 bits per heavy atom. The van der Waals surface area contributed by atoms with Crippen LogP contribution >= 0.6 is 11.6 Å². The lowest BCUT2D eigenvalue weighted by Crippen LogP contribution is -2.11. The zero-order valence-electron chi connectivity index (χ0n) is 15.2. The number of hydrogen-bond acceptors (Lipinski definition) is 4. The maximum atomic E-state index is 12.4. The second-order valence-electron chi connectivity index (χ2n) is 6.62. The molecule has 0 bridgehead atoms. The van der Waals surface area contributed by atoms with E-state index in [2.05, 4.69) is 21.0 Å². The summed E-state index contributed by atoms with van der Waals surface area (Å²) >= 11 is 6.35. The molecule has 0 aliphatic carbocycles. The molecule has 4 rings (SSSR count). The topological polar surface area (TPSA) is 82.4 Å². The van der Waals surface area contributed by atoms with Gasteiger partial charge >= 0.3 is 0 Å². The average molecular weight is 387 g/mol. The van der Waals surface area contributed by atoms with Crippen molar-refractivity contribution in [1.29, 1.82) is 5.26 Å². The number of benzene rings is 2. The van der Waals surface area contributed by atoms with E-state index in [1.807, 2.05) is 44.2 Å². The van der Waals surface area contributed by atoms with E-state index in [0.717, 1.165) is 22.0 Å². The van der Waals surface area contributed by atoms with E-state index >= 15 is 0 Å². The number of nitriles is 1. The molecular formula is C22H15ClN4O. The maximum absolute atomic E-state index is 12.4. The molecule has 0 aliphatic heterocycles. The van der Waals surface area contributed by atoms with Gasteiger partial charge in [-0.15, -0.1) is 0 Å². The van der Waals surface area contributed by atoms with Crippen LogP contribution in [0.15, 0.2) is 47.3 Å². The number of aromatic amines is 1. The van der Waals surface area contributed by atoms with E-state index in [1.54, 1.807) is 18.2 Å². The molecule has 0 unspecified atom stereocenters. The number of aromatic nitrogens is 3. The molecule has 0 spiro atoms. The molecule has 2 aromatic carbocycles. The Morgan fingerprint density at radius 3 is 2.79 bits per heavy atom. The van der Waals surface area contributed by atoms with Crippen LogP contribution in [0.25, 0.3) is 33.5 Å². The molecule has 1 N–H and O–H groups in total. The lowest BCUT2D eigenvalue weighted by atomic mass is 10.1. The SMILES string of the molecule is Cc1ccc2nc(/C(C#N)=C/c3cc4cccc(C)c4nc3Cl)[nH]c(=O)c2c1. The number of pyridine rings is 1. The minimum atomic E-state index is -0.289. The number of allylic oxidation sites excluding steroid dienone is 1. The van der Waals surface area contributed by atoms with Crippen LogP contribution in [0.5, 0.6) is 0 Å². The second-order valence-corrected chi connectivity index (χ2v) is 6.98. The van der Waals surface area contributed by atoms with Crippen molar-refractivity contribution in [3.63, 3.8) is 0 Å². The van der Waals surface area contributed by atoms with E-state index < -0.39 is 0 Å². The molecule has 0 saturated carbocycles. The third-order valence-electron chi connectivity index (χ3n) is 4.56. The molecule has 2 aromatic heterocycles. The molecule has 4 aromatic rings. The van der Waals surface area contributed by atoms with E-state index in [4.69, 9.17) is 11.6 Å². The van der Waals surface area contributed by atoms with Crippen LogP contribution in [0, 0.1) is 25.2 Å². The van der Waals surface area contributed by atoms with Crippen molar-refractivity contribution in [2.45, 2.75) is 13.8 Å². The molecule has 136 valence electrons. The van der Waals surface area contributed by atoms with Gasteiger partial charge in [-0.3, -0.25) is 4.79 Å². The van der Waals surface area contributed by atoms with E-state index in [1.165, 1.54) is 0 Å². The first-order valence-corrected chi connectivity index (χ1v) is 9.03. The van der Waals surface area contributed by atoms with E-state index in [9.17, 15) is 10.1 Å². The Labute approximate surface area is 166 Å². The van der Waals surface area contributed by atoms with Crippen LogP contribution in [0.4, 0.5) is 0 Å². The van der Waals surface area contributed by atoms with Gasteiger partial charge in [0.1, 0.15) is 11.2 Å². The highest BCUT2D eigenvalue weighted by atomic mass is 35.5. The first-order valence-electron chi connectivity index (χ1n) is 8.65. The fourth-order valence-corrected chi connectivity index (χ4v) is 3.32. The summed E-state index contributed by atoms with van der Waals surface area (Å²) in [6, 6.07) is 15.2. The molecule has 0 fully saturated rings. The van der Waals surface area contributed by atoms with Gasteiger partial charge in [-0.2, -0.15) is 5.26 Å². The molecule has 0 amide bonds. The largest absolute Gasteiger partial charge is 0.305 e. The van der Waals surface area contributed by atoms with Crippen molar-refractivity contribution in [2.24, 2.45) is 0 Å². The highest BCUT2D eigenvalue weighted by Gasteiger charge is 2.11. The van der Waals surface area contributed by atoms with Crippen molar-refractivity contribution >= 4 is 45.1 Å². The van der Waals surface area contributed by atoms with E-state index in [0.29, 0.717) is 16.5 Å². The number of nitrogens with one attached hydrogen (secondary N) is 1. The van der Waals surface area contributed by atoms with Crippen molar-refractivity contribution < 1.29 is 0 Å². The summed E-state index contributed by atoms with van der Waals surface area (Å²) in [5.74, 6) is 0.198. The summed E-state index contributed by atoms with van der Waals surface area (Å²) < 4.78 is 0. The summed E-state index contributed by atoms with van der Waals surface area (Å²) in [5, 5.41) is 11.3. The highest BCUT2D eigenvalue weighted by molar-refractivity contribution is 6.31. The number of H-pyrrole nitrogens is 1. The lowest BCUT2D eigenvalue weighted by molar-refractivity contribution is 1.13. The molecule has 6 heteroatoms. The van der Waals surface area contributed by atoms with Gasteiger partial charge in [0.25, 0.3) is 5.56 Å². The van der Waals surface area contributed by atoms with Gasteiger partial charge in [-0.05, 0) is 43.7 Å². The first kappa shape index (κ1) is 17.9. The summed E-state index contributed by atoms with van der Waals surface area (Å²) in [6.07, 6.45) is 1.59. The molecule has 0 radical (unpaired) electrons. The number of para-hydroxylation sites is 1. The Kier molecular flexibility index (Phi) is 4.42. The summed E-state index contributed by atoms with van der Waals surface area (Å²) in [7, 11) is 0.